The number of carbonyl (C=O) groups excluding carboxylic acids is 1. The Morgan fingerprint density at radius 3 is 2.66 bits per heavy atom. The number of aryl methyl sites for hydroxylation is 1. The van der Waals surface area contributed by atoms with Crippen LogP contribution in [0.15, 0.2) is 18.7 Å². The molecule has 0 spiro atoms. The first-order chi connectivity index (χ1) is 14.2. The molecule has 29 heavy (non-hydrogen) atoms. The minimum absolute atomic E-state index is 0.183. The summed E-state index contributed by atoms with van der Waals surface area (Å²) < 4.78 is 7.33. The highest BCUT2D eigenvalue weighted by Gasteiger charge is 2.20. The maximum Gasteiger partial charge on any atom is 0.228 e. The monoisotopic (exact) mass is 398 g/mol. The molecule has 152 valence electrons. The van der Waals surface area contributed by atoms with E-state index in [0.29, 0.717) is 74.1 Å². The second-order valence-electron chi connectivity index (χ2n) is 6.71. The van der Waals surface area contributed by atoms with E-state index in [9.17, 15) is 4.79 Å². The highest BCUT2D eigenvalue weighted by atomic mass is 16.5. The van der Waals surface area contributed by atoms with E-state index in [0.717, 1.165) is 0 Å². The predicted octanol–water partition coefficient (Wildman–Crippen LogP) is 0.0437. The molecule has 3 aromatic heterocycles. The number of hydrogen-bond acceptors (Lipinski definition) is 10. The molecule has 0 unspecified atom stereocenters. The number of ketones is 1. The molecular formula is C18H22N8O3. The maximum atomic E-state index is 11.4. The summed E-state index contributed by atoms with van der Waals surface area (Å²) in [5, 5.41) is 8.90. The van der Waals surface area contributed by atoms with Crippen LogP contribution >= 0.6 is 0 Å². The lowest BCUT2D eigenvalue weighted by Gasteiger charge is -2.27. The van der Waals surface area contributed by atoms with E-state index in [1.54, 1.807) is 18.7 Å². The Hall–Kier alpha value is -3.18. The largest absolute Gasteiger partial charge is 0.389 e. The van der Waals surface area contributed by atoms with Gasteiger partial charge in [-0.05, 0) is 6.42 Å². The van der Waals surface area contributed by atoms with Crippen molar-refractivity contribution in [3.8, 4) is 11.3 Å². The Labute approximate surface area is 166 Å². The SMILES string of the molecule is Nc1ncc(-c2nc(N3CCOCC3)nc3c2ncn3CCCC(=O)CO)cn1. The molecule has 1 aliphatic heterocycles. The average Bonchev–Trinajstić information content (AvgIpc) is 3.17. The Kier molecular flexibility index (Phi) is 5.58. The van der Waals surface area contributed by atoms with E-state index in [1.807, 2.05) is 4.57 Å². The van der Waals surface area contributed by atoms with E-state index in [2.05, 4.69) is 19.9 Å². The number of nitrogens with two attached hydrogens (primary N) is 1. The predicted molar refractivity (Wildman–Crippen MR) is 105 cm³/mol. The van der Waals surface area contributed by atoms with Crippen LogP contribution in [0.4, 0.5) is 11.9 Å². The number of morpholine rings is 1. The van der Waals surface area contributed by atoms with Gasteiger partial charge in [-0.15, -0.1) is 0 Å². The summed E-state index contributed by atoms with van der Waals surface area (Å²) in [6.45, 7) is 2.74. The Morgan fingerprint density at radius 2 is 1.93 bits per heavy atom. The van der Waals surface area contributed by atoms with Gasteiger partial charge >= 0.3 is 0 Å². The van der Waals surface area contributed by atoms with E-state index in [4.69, 9.17) is 25.5 Å². The third-order valence-electron chi connectivity index (χ3n) is 4.72. The van der Waals surface area contributed by atoms with Crippen LogP contribution < -0.4 is 10.6 Å². The summed E-state index contributed by atoms with van der Waals surface area (Å²) in [6, 6.07) is 0. The summed E-state index contributed by atoms with van der Waals surface area (Å²) in [5.74, 6) is 0.588. The van der Waals surface area contributed by atoms with Crippen LogP contribution in [0.3, 0.4) is 0 Å². The second-order valence-corrected chi connectivity index (χ2v) is 6.71. The van der Waals surface area contributed by atoms with Gasteiger partial charge in [0.05, 0.1) is 19.5 Å². The molecule has 0 amide bonds. The van der Waals surface area contributed by atoms with Gasteiger partial charge in [-0.2, -0.15) is 4.98 Å². The average molecular weight is 398 g/mol. The first-order valence-electron chi connectivity index (χ1n) is 9.41. The van der Waals surface area contributed by atoms with Crippen LogP contribution in [0, 0.1) is 0 Å². The minimum atomic E-state index is -0.435. The van der Waals surface area contributed by atoms with E-state index >= 15 is 0 Å². The van der Waals surface area contributed by atoms with Crippen LogP contribution in [0.1, 0.15) is 12.8 Å². The van der Waals surface area contributed by atoms with Crippen molar-refractivity contribution in [3.05, 3.63) is 18.7 Å². The number of anilines is 2. The highest BCUT2D eigenvalue weighted by Crippen LogP contribution is 2.27. The first-order valence-corrected chi connectivity index (χ1v) is 9.41. The van der Waals surface area contributed by atoms with Gasteiger partial charge in [-0.25, -0.2) is 19.9 Å². The number of rotatable bonds is 7. The molecule has 0 aliphatic carbocycles. The van der Waals surface area contributed by atoms with Gasteiger partial charge in [-0.3, -0.25) is 4.79 Å². The van der Waals surface area contributed by atoms with Gasteiger partial charge in [-0.1, -0.05) is 0 Å². The van der Waals surface area contributed by atoms with Gasteiger partial charge < -0.3 is 25.0 Å². The van der Waals surface area contributed by atoms with Crippen molar-refractivity contribution in [2.45, 2.75) is 19.4 Å². The number of nitrogen functional groups attached to an aromatic ring is 1. The van der Waals surface area contributed by atoms with E-state index in [-0.39, 0.29) is 11.7 Å². The molecule has 0 aromatic carbocycles. The maximum absolute atomic E-state index is 11.4. The third-order valence-corrected chi connectivity index (χ3v) is 4.72. The summed E-state index contributed by atoms with van der Waals surface area (Å²) in [4.78, 5) is 35.6. The molecule has 11 nitrogen and oxygen atoms in total. The lowest BCUT2D eigenvalue weighted by Crippen LogP contribution is -2.37. The number of aromatic nitrogens is 6. The lowest BCUT2D eigenvalue weighted by atomic mass is 10.2. The highest BCUT2D eigenvalue weighted by molar-refractivity contribution is 5.88. The number of aliphatic hydroxyl groups is 1. The Morgan fingerprint density at radius 1 is 1.17 bits per heavy atom. The van der Waals surface area contributed by atoms with Gasteiger partial charge in [0.15, 0.2) is 11.4 Å². The summed E-state index contributed by atoms with van der Waals surface area (Å²) in [5.41, 5.74) is 8.24. The molecular weight excluding hydrogens is 376 g/mol. The number of Topliss-reactive ketones (excluding diaryl/α,β-unsaturated/α-hetero) is 1. The topological polar surface area (TPSA) is 145 Å². The first kappa shape index (κ1) is 19.2. The van der Waals surface area contributed by atoms with Crippen molar-refractivity contribution < 1.29 is 14.6 Å². The van der Waals surface area contributed by atoms with Gasteiger partial charge in [0, 0.05) is 44.0 Å². The molecule has 11 heteroatoms. The smallest absolute Gasteiger partial charge is 0.228 e. The zero-order valence-electron chi connectivity index (χ0n) is 15.9. The zero-order valence-corrected chi connectivity index (χ0v) is 15.9. The molecule has 4 rings (SSSR count). The van der Waals surface area contributed by atoms with Gasteiger partial charge in [0.1, 0.15) is 17.8 Å². The number of carbonyl (C=O) groups is 1. The van der Waals surface area contributed by atoms with Crippen LogP contribution in [-0.2, 0) is 16.1 Å². The molecule has 0 bridgehead atoms. The number of hydrogen-bond donors (Lipinski definition) is 2. The number of fused-ring (bicyclic) bond motifs is 1. The number of ether oxygens (including phenoxy) is 1. The molecule has 3 N–H and O–H groups in total. The Balaban J connectivity index is 1.74. The molecule has 0 radical (unpaired) electrons. The molecule has 0 atom stereocenters. The molecule has 0 saturated carbocycles. The van der Waals surface area contributed by atoms with Crippen LogP contribution in [0.2, 0.25) is 0 Å². The van der Waals surface area contributed by atoms with Crippen LogP contribution in [0.25, 0.3) is 22.4 Å². The fourth-order valence-corrected chi connectivity index (χ4v) is 3.19. The molecule has 1 fully saturated rings. The fraction of sp³-hybridized carbons (Fsp3) is 0.444. The van der Waals surface area contributed by atoms with Crippen molar-refractivity contribution in [2.24, 2.45) is 0 Å². The molecule has 1 aliphatic rings. The second kappa shape index (κ2) is 8.45. The van der Waals surface area contributed by atoms with Crippen molar-refractivity contribution >= 4 is 28.8 Å². The normalized spacial score (nSPS) is 14.4. The lowest BCUT2D eigenvalue weighted by molar-refractivity contribution is -0.121. The van der Waals surface area contributed by atoms with Gasteiger partial charge in [0.25, 0.3) is 0 Å². The van der Waals surface area contributed by atoms with Crippen LogP contribution in [0.5, 0.6) is 0 Å². The van der Waals surface area contributed by atoms with Crippen molar-refractivity contribution in [1.82, 2.24) is 29.5 Å². The van der Waals surface area contributed by atoms with Gasteiger partial charge in [0.2, 0.25) is 11.9 Å². The van der Waals surface area contributed by atoms with Crippen LogP contribution in [-0.4, -0.2) is 73.3 Å². The van der Waals surface area contributed by atoms with E-state index < -0.39 is 6.61 Å². The zero-order chi connectivity index (χ0) is 20.2. The summed E-state index contributed by atoms with van der Waals surface area (Å²) in [7, 11) is 0. The third kappa shape index (κ3) is 4.15. The quantitative estimate of drug-likeness (QED) is 0.559. The number of nitrogens with zero attached hydrogens (tertiary/aromatic N) is 7. The summed E-state index contributed by atoms with van der Waals surface area (Å²) >= 11 is 0. The van der Waals surface area contributed by atoms with E-state index in [1.165, 1.54) is 0 Å². The van der Waals surface area contributed by atoms with Crippen molar-refractivity contribution in [3.63, 3.8) is 0 Å². The minimum Gasteiger partial charge on any atom is -0.389 e. The molecule has 4 heterocycles. The molecule has 3 aromatic rings. The fourth-order valence-electron chi connectivity index (χ4n) is 3.19. The van der Waals surface area contributed by atoms with Crippen molar-refractivity contribution in [1.29, 1.82) is 0 Å². The standard InChI is InChI=1S/C18H22N8O3/c19-17-20-8-12(9-21-17)14-15-16(24-18(23-14)25-4-6-29-7-5-25)26(11-22-15)3-1-2-13(28)10-27/h8-9,11,27H,1-7,10H2,(H2,19,20,21). The van der Waals surface area contributed by atoms with Crippen molar-refractivity contribution in [2.75, 3.05) is 43.5 Å². The number of imidazole rings is 1. The number of aliphatic hydroxyl groups excluding tert-OH is 1. The molecule has 1 saturated heterocycles. The summed E-state index contributed by atoms with van der Waals surface area (Å²) in [6.07, 6.45) is 5.81. The Bertz CT molecular complexity index is 998.